The number of Topliss-reactive ketones (excluding diaryl/α,β-unsaturated/α-hetero) is 2. The second-order valence-electron chi connectivity index (χ2n) is 4.61. The van der Waals surface area contributed by atoms with Crippen molar-refractivity contribution in [1.82, 2.24) is 5.32 Å². The monoisotopic (exact) mass is 276 g/mol. The van der Waals surface area contributed by atoms with Crippen LogP contribution in [0.1, 0.15) is 16.8 Å². The molecule has 0 amide bonds. The van der Waals surface area contributed by atoms with E-state index in [0.717, 1.165) is 31.9 Å². The Morgan fingerprint density at radius 2 is 1.70 bits per heavy atom. The van der Waals surface area contributed by atoms with Crippen molar-refractivity contribution in [3.63, 3.8) is 0 Å². The molecule has 0 bridgehead atoms. The van der Waals surface area contributed by atoms with Gasteiger partial charge in [-0.1, -0.05) is 0 Å². The van der Waals surface area contributed by atoms with Gasteiger partial charge in [0.25, 0.3) is 0 Å². The van der Waals surface area contributed by atoms with Gasteiger partial charge in [-0.15, -0.1) is 0 Å². The zero-order valence-corrected chi connectivity index (χ0v) is 11.0. The molecule has 0 aliphatic carbocycles. The fraction of sp³-hybridized carbons (Fsp3) is 0.357. The van der Waals surface area contributed by atoms with E-state index in [9.17, 15) is 14.4 Å². The summed E-state index contributed by atoms with van der Waals surface area (Å²) < 4.78 is 0. The maximum absolute atomic E-state index is 11.7. The Bertz CT molecular complexity index is 518. The Balaban J connectivity index is 2.02. The van der Waals surface area contributed by atoms with Gasteiger partial charge in [0.15, 0.2) is 5.78 Å². The minimum atomic E-state index is -1.57. The molecule has 1 aliphatic heterocycles. The number of nitrogens with one attached hydrogen (secondary N) is 1. The average molecular weight is 276 g/mol. The van der Waals surface area contributed by atoms with Crippen molar-refractivity contribution in [2.45, 2.75) is 6.42 Å². The van der Waals surface area contributed by atoms with E-state index >= 15 is 0 Å². The fourth-order valence-corrected chi connectivity index (χ4v) is 2.10. The molecule has 6 heteroatoms. The van der Waals surface area contributed by atoms with Crippen molar-refractivity contribution in [2.75, 3.05) is 31.1 Å². The van der Waals surface area contributed by atoms with Crippen molar-refractivity contribution >= 4 is 23.2 Å². The van der Waals surface area contributed by atoms with E-state index in [0.29, 0.717) is 5.56 Å². The maximum Gasteiger partial charge on any atom is 0.372 e. The first-order chi connectivity index (χ1) is 9.58. The number of carboxylic acids is 1. The average Bonchev–Trinajstić information content (AvgIpc) is 2.48. The Hall–Kier alpha value is -2.21. The molecule has 1 heterocycles. The molecule has 2 N–H and O–H groups in total. The minimum Gasteiger partial charge on any atom is -0.475 e. The molecular weight excluding hydrogens is 260 g/mol. The van der Waals surface area contributed by atoms with Gasteiger partial charge in [0, 0.05) is 37.4 Å². The summed E-state index contributed by atoms with van der Waals surface area (Å²) in [6, 6.07) is 6.91. The molecule has 1 fully saturated rings. The Labute approximate surface area is 116 Å². The van der Waals surface area contributed by atoms with Crippen molar-refractivity contribution in [3.8, 4) is 0 Å². The number of carboxylic acid groups (broad SMARTS) is 1. The summed E-state index contributed by atoms with van der Waals surface area (Å²) in [5, 5.41) is 11.7. The highest BCUT2D eigenvalue weighted by atomic mass is 16.4. The third kappa shape index (κ3) is 3.42. The summed E-state index contributed by atoms with van der Waals surface area (Å²) in [6.45, 7) is 3.66. The van der Waals surface area contributed by atoms with Gasteiger partial charge in [-0.3, -0.25) is 9.59 Å². The zero-order valence-electron chi connectivity index (χ0n) is 11.0. The third-order valence-corrected chi connectivity index (χ3v) is 3.23. The first kappa shape index (κ1) is 14.2. The normalized spacial score (nSPS) is 14.9. The molecule has 1 aromatic carbocycles. The molecule has 1 aromatic rings. The lowest BCUT2D eigenvalue weighted by Gasteiger charge is -2.29. The molecule has 20 heavy (non-hydrogen) atoms. The predicted octanol–water partition coefficient (Wildman–Crippen LogP) is 0.323. The Kier molecular flexibility index (Phi) is 4.47. The molecule has 106 valence electrons. The van der Waals surface area contributed by atoms with Crippen LogP contribution < -0.4 is 10.2 Å². The maximum atomic E-state index is 11.7. The number of hydrogen-bond acceptors (Lipinski definition) is 5. The Morgan fingerprint density at radius 3 is 2.25 bits per heavy atom. The molecule has 0 unspecified atom stereocenters. The summed E-state index contributed by atoms with van der Waals surface area (Å²) in [4.78, 5) is 35.4. The number of nitrogens with zero attached hydrogens (tertiary/aromatic N) is 1. The van der Waals surface area contributed by atoms with Gasteiger partial charge < -0.3 is 15.3 Å². The largest absolute Gasteiger partial charge is 0.475 e. The fourth-order valence-electron chi connectivity index (χ4n) is 2.10. The molecule has 0 spiro atoms. The SMILES string of the molecule is O=C(O)C(=O)CC(=O)c1ccc(N2CCNCC2)cc1. The number of carbonyl (C=O) groups excluding carboxylic acids is 2. The molecule has 2 rings (SSSR count). The van der Waals surface area contributed by atoms with Gasteiger partial charge in [-0.2, -0.15) is 0 Å². The van der Waals surface area contributed by atoms with Crippen LogP contribution >= 0.6 is 0 Å². The van der Waals surface area contributed by atoms with Crippen molar-refractivity contribution in [2.24, 2.45) is 0 Å². The standard InChI is InChI=1S/C14H16N2O4/c17-12(9-13(18)14(19)20)10-1-3-11(4-2-10)16-7-5-15-6-8-16/h1-4,15H,5-9H2,(H,19,20). The molecule has 1 aliphatic rings. The van der Waals surface area contributed by atoms with Crippen LogP contribution in [0, 0.1) is 0 Å². The number of hydrogen-bond donors (Lipinski definition) is 2. The molecule has 1 saturated heterocycles. The predicted molar refractivity (Wildman–Crippen MR) is 73.1 cm³/mol. The molecule has 0 saturated carbocycles. The number of rotatable bonds is 5. The smallest absolute Gasteiger partial charge is 0.372 e. The summed E-state index contributed by atoms with van der Waals surface area (Å²) in [5.74, 6) is -3.12. The highest BCUT2D eigenvalue weighted by Gasteiger charge is 2.18. The summed E-state index contributed by atoms with van der Waals surface area (Å²) >= 11 is 0. The van der Waals surface area contributed by atoms with Gasteiger partial charge in [0.1, 0.15) is 0 Å². The first-order valence-corrected chi connectivity index (χ1v) is 6.43. The van der Waals surface area contributed by atoms with Crippen LogP contribution in [-0.4, -0.2) is 48.8 Å². The lowest BCUT2D eigenvalue weighted by atomic mass is 10.1. The highest BCUT2D eigenvalue weighted by Crippen LogP contribution is 2.16. The van der Waals surface area contributed by atoms with Crippen LogP contribution in [0.4, 0.5) is 5.69 Å². The van der Waals surface area contributed by atoms with Crippen LogP contribution in [0.2, 0.25) is 0 Å². The highest BCUT2D eigenvalue weighted by molar-refractivity contribution is 6.37. The van der Waals surface area contributed by atoms with E-state index in [1.165, 1.54) is 0 Å². The Morgan fingerprint density at radius 1 is 1.10 bits per heavy atom. The van der Waals surface area contributed by atoms with E-state index in [1.807, 2.05) is 12.1 Å². The van der Waals surface area contributed by atoms with E-state index in [4.69, 9.17) is 5.11 Å². The molecule has 0 aromatic heterocycles. The van der Waals surface area contributed by atoms with E-state index in [-0.39, 0.29) is 0 Å². The van der Waals surface area contributed by atoms with Crippen LogP contribution in [-0.2, 0) is 9.59 Å². The number of piperazine rings is 1. The quantitative estimate of drug-likeness (QED) is 0.457. The van der Waals surface area contributed by atoms with Crippen LogP contribution in [0.3, 0.4) is 0 Å². The number of anilines is 1. The van der Waals surface area contributed by atoms with E-state index in [2.05, 4.69) is 10.2 Å². The van der Waals surface area contributed by atoms with Gasteiger partial charge >= 0.3 is 5.97 Å². The van der Waals surface area contributed by atoms with Crippen LogP contribution in [0.5, 0.6) is 0 Å². The second kappa shape index (κ2) is 6.29. The van der Waals surface area contributed by atoms with Crippen molar-refractivity contribution < 1.29 is 19.5 Å². The first-order valence-electron chi connectivity index (χ1n) is 6.43. The summed E-state index contributed by atoms with van der Waals surface area (Å²) in [5.41, 5.74) is 1.38. The lowest BCUT2D eigenvalue weighted by molar-refractivity contribution is -0.148. The molecule has 0 radical (unpaired) electrons. The van der Waals surface area contributed by atoms with E-state index in [1.54, 1.807) is 12.1 Å². The van der Waals surface area contributed by atoms with Gasteiger partial charge in [0.2, 0.25) is 5.78 Å². The molecule has 6 nitrogen and oxygen atoms in total. The lowest BCUT2D eigenvalue weighted by Crippen LogP contribution is -2.43. The zero-order chi connectivity index (χ0) is 14.5. The van der Waals surface area contributed by atoms with Crippen molar-refractivity contribution in [1.29, 1.82) is 0 Å². The number of carbonyl (C=O) groups is 3. The number of benzene rings is 1. The number of aliphatic carboxylic acids is 1. The third-order valence-electron chi connectivity index (χ3n) is 3.23. The van der Waals surface area contributed by atoms with Crippen molar-refractivity contribution in [3.05, 3.63) is 29.8 Å². The topological polar surface area (TPSA) is 86.7 Å². The molecular formula is C14H16N2O4. The van der Waals surface area contributed by atoms with Crippen LogP contribution in [0.25, 0.3) is 0 Å². The van der Waals surface area contributed by atoms with Gasteiger partial charge in [0.05, 0.1) is 6.42 Å². The van der Waals surface area contributed by atoms with Gasteiger partial charge in [-0.05, 0) is 24.3 Å². The minimum absolute atomic E-state index is 0.360. The summed E-state index contributed by atoms with van der Waals surface area (Å²) in [6.07, 6.45) is -0.595. The molecule has 0 atom stereocenters. The van der Waals surface area contributed by atoms with Gasteiger partial charge in [-0.25, -0.2) is 4.79 Å². The second-order valence-corrected chi connectivity index (χ2v) is 4.61. The van der Waals surface area contributed by atoms with Crippen LogP contribution in [0.15, 0.2) is 24.3 Å². The summed E-state index contributed by atoms with van der Waals surface area (Å²) in [7, 11) is 0. The van der Waals surface area contributed by atoms with E-state index < -0.39 is 24.0 Å². The number of ketones is 2.